The number of likely N-dealkylation sites (tertiary alicyclic amines) is 1. The summed E-state index contributed by atoms with van der Waals surface area (Å²) in [7, 11) is 1.60. The molecule has 1 saturated heterocycles. The maximum atomic E-state index is 12.8. The molecule has 3 aromatic rings. The van der Waals surface area contributed by atoms with Crippen molar-refractivity contribution < 1.29 is 14.3 Å². The zero-order chi connectivity index (χ0) is 21.8. The van der Waals surface area contributed by atoms with Crippen LogP contribution < -0.4 is 10.5 Å². The van der Waals surface area contributed by atoms with E-state index in [1.165, 1.54) is 0 Å². The van der Waals surface area contributed by atoms with Gasteiger partial charge >= 0.3 is 0 Å². The van der Waals surface area contributed by atoms with Crippen LogP contribution in [0, 0.1) is 0 Å². The number of nitrogens with two attached hydrogens (primary N) is 1. The number of imidazole rings is 1. The third-order valence-corrected chi connectivity index (χ3v) is 5.55. The van der Waals surface area contributed by atoms with Crippen molar-refractivity contribution in [1.82, 2.24) is 19.9 Å². The predicted molar refractivity (Wildman–Crippen MR) is 116 cm³/mol. The van der Waals surface area contributed by atoms with E-state index in [1.54, 1.807) is 13.3 Å². The van der Waals surface area contributed by atoms with Gasteiger partial charge in [0.15, 0.2) is 0 Å². The summed E-state index contributed by atoms with van der Waals surface area (Å²) < 4.78 is 5.20. The van der Waals surface area contributed by atoms with Crippen LogP contribution in [0.1, 0.15) is 40.8 Å². The van der Waals surface area contributed by atoms with Crippen LogP contribution in [0.3, 0.4) is 0 Å². The lowest BCUT2D eigenvalue weighted by Gasteiger charge is -2.32. The van der Waals surface area contributed by atoms with Crippen molar-refractivity contribution in [3.05, 3.63) is 65.9 Å². The van der Waals surface area contributed by atoms with Crippen molar-refractivity contribution in [1.29, 1.82) is 0 Å². The molecule has 0 aliphatic carbocycles. The number of benzene rings is 1. The van der Waals surface area contributed by atoms with E-state index in [0.717, 1.165) is 29.8 Å². The summed E-state index contributed by atoms with van der Waals surface area (Å²) in [6, 6.07) is 12.9. The van der Waals surface area contributed by atoms with Gasteiger partial charge in [-0.05, 0) is 49.2 Å². The number of hydrogen-bond acceptors (Lipinski definition) is 5. The van der Waals surface area contributed by atoms with Crippen molar-refractivity contribution in [2.24, 2.45) is 5.73 Å². The van der Waals surface area contributed by atoms with Gasteiger partial charge in [-0.3, -0.25) is 14.6 Å². The molecule has 0 radical (unpaired) electrons. The molecule has 0 spiro atoms. The van der Waals surface area contributed by atoms with Gasteiger partial charge in [-0.2, -0.15) is 0 Å². The van der Waals surface area contributed by atoms with Gasteiger partial charge in [-0.1, -0.05) is 6.07 Å². The van der Waals surface area contributed by atoms with Crippen molar-refractivity contribution >= 4 is 11.8 Å². The second-order valence-electron chi connectivity index (χ2n) is 7.62. The molecule has 0 unspecified atom stereocenters. The number of H-pyrrole nitrogens is 1. The van der Waals surface area contributed by atoms with Crippen molar-refractivity contribution in [3.63, 3.8) is 0 Å². The highest BCUT2D eigenvalue weighted by atomic mass is 16.5. The summed E-state index contributed by atoms with van der Waals surface area (Å²) in [5, 5.41) is 0. The molecule has 1 aliphatic heterocycles. The van der Waals surface area contributed by atoms with Gasteiger partial charge in [-0.15, -0.1) is 0 Å². The third kappa shape index (κ3) is 4.58. The first-order chi connectivity index (χ1) is 15.0. The molecule has 3 N–H and O–H groups in total. The van der Waals surface area contributed by atoms with Gasteiger partial charge in [0.25, 0.3) is 5.91 Å². The lowest BCUT2D eigenvalue weighted by molar-refractivity contribution is -0.131. The molecule has 2 amide bonds. The van der Waals surface area contributed by atoms with E-state index in [1.807, 2.05) is 47.4 Å². The number of amides is 2. The van der Waals surface area contributed by atoms with E-state index in [0.29, 0.717) is 24.6 Å². The highest BCUT2D eigenvalue weighted by molar-refractivity contribution is 5.97. The molecule has 8 nitrogen and oxygen atoms in total. The molecular formula is C23H25N5O3. The molecule has 4 rings (SSSR count). The Balaban J connectivity index is 1.54. The van der Waals surface area contributed by atoms with E-state index in [2.05, 4.69) is 9.97 Å². The average Bonchev–Trinajstić information content (AvgIpc) is 3.26. The first kappa shape index (κ1) is 20.6. The molecule has 1 aliphatic rings. The van der Waals surface area contributed by atoms with Gasteiger partial charge < -0.3 is 20.4 Å². The topological polar surface area (TPSA) is 114 Å². The summed E-state index contributed by atoms with van der Waals surface area (Å²) in [6.45, 7) is 1.25. The largest absolute Gasteiger partial charge is 0.497 e. The van der Waals surface area contributed by atoms with Gasteiger partial charge in [0.05, 0.1) is 13.5 Å². The molecule has 0 saturated carbocycles. The minimum absolute atomic E-state index is 0.00605. The lowest BCUT2D eigenvalue weighted by atomic mass is 9.97. The minimum atomic E-state index is -0.566. The zero-order valence-electron chi connectivity index (χ0n) is 17.4. The number of aromatic nitrogens is 3. The molecule has 31 heavy (non-hydrogen) atoms. The Labute approximate surface area is 180 Å². The van der Waals surface area contributed by atoms with Gasteiger partial charge in [-0.25, -0.2) is 4.98 Å². The van der Waals surface area contributed by atoms with Crippen molar-refractivity contribution in [3.8, 4) is 17.0 Å². The molecule has 2 aromatic heterocycles. The van der Waals surface area contributed by atoms with Gasteiger partial charge in [0.2, 0.25) is 5.91 Å². The van der Waals surface area contributed by atoms with Crippen molar-refractivity contribution in [2.45, 2.75) is 25.2 Å². The Hall–Kier alpha value is -3.68. The summed E-state index contributed by atoms with van der Waals surface area (Å²) >= 11 is 0. The number of piperidine rings is 1. The number of nitrogens with one attached hydrogen (secondary N) is 1. The molecule has 8 heteroatoms. The van der Waals surface area contributed by atoms with E-state index >= 15 is 0 Å². The highest BCUT2D eigenvalue weighted by Gasteiger charge is 2.28. The van der Waals surface area contributed by atoms with Crippen LogP contribution in [0.5, 0.6) is 5.75 Å². The Bertz CT molecular complexity index is 1060. The van der Waals surface area contributed by atoms with Crippen LogP contribution in [0.25, 0.3) is 11.3 Å². The molecule has 3 heterocycles. The second kappa shape index (κ2) is 8.99. The quantitative estimate of drug-likeness (QED) is 0.637. The lowest BCUT2D eigenvalue weighted by Crippen LogP contribution is -2.40. The van der Waals surface area contributed by atoms with E-state index in [-0.39, 0.29) is 23.9 Å². The molecular weight excluding hydrogens is 394 g/mol. The Kier molecular flexibility index (Phi) is 5.97. The summed E-state index contributed by atoms with van der Waals surface area (Å²) in [4.78, 5) is 38.7. The summed E-state index contributed by atoms with van der Waals surface area (Å²) in [5.41, 5.74) is 7.93. The Morgan fingerprint density at radius 1 is 1.23 bits per heavy atom. The number of pyridine rings is 1. The number of nitrogens with zero attached hydrogens (tertiary/aromatic N) is 3. The first-order valence-corrected chi connectivity index (χ1v) is 10.3. The number of methoxy groups -OCH3 is 1. The summed E-state index contributed by atoms with van der Waals surface area (Å²) in [5.74, 6) is 0.875. The molecule has 1 atom stereocenters. The number of hydrogen-bond donors (Lipinski definition) is 2. The van der Waals surface area contributed by atoms with Crippen LogP contribution in [-0.4, -0.2) is 51.9 Å². The number of rotatable bonds is 6. The molecule has 1 fully saturated rings. The zero-order valence-corrected chi connectivity index (χ0v) is 17.4. The predicted octanol–water partition coefficient (Wildman–Crippen LogP) is 2.53. The SMILES string of the molecule is COc1ccc(-c2nc([C@H]3CCCN(C(=O)Cc4ccccn4)C3)[nH]c2C(N)=O)cc1. The maximum absolute atomic E-state index is 12.8. The highest BCUT2D eigenvalue weighted by Crippen LogP contribution is 2.30. The smallest absolute Gasteiger partial charge is 0.267 e. The first-order valence-electron chi connectivity index (χ1n) is 10.3. The van der Waals surface area contributed by atoms with E-state index in [9.17, 15) is 9.59 Å². The monoisotopic (exact) mass is 419 g/mol. The van der Waals surface area contributed by atoms with Crippen LogP contribution in [-0.2, 0) is 11.2 Å². The fraction of sp³-hybridized carbons (Fsp3) is 0.304. The number of carbonyl (C=O) groups excluding carboxylic acids is 2. The average molecular weight is 419 g/mol. The van der Waals surface area contributed by atoms with Crippen LogP contribution in [0.4, 0.5) is 0 Å². The number of primary amides is 1. The van der Waals surface area contributed by atoms with Crippen LogP contribution in [0.15, 0.2) is 48.7 Å². The number of ether oxygens (including phenoxy) is 1. The standard InChI is InChI=1S/C23H25N5O3/c1-31-18-9-7-15(8-10-18)20-21(22(24)30)27-23(26-20)16-5-4-12-28(14-16)19(29)13-17-6-2-3-11-25-17/h2-3,6-11,16H,4-5,12-14H2,1H3,(H2,24,30)(H,26,27)/t16-/m0/s1. The fourth-order valence-electron chi connectivity index (χ4n) is 3.92. The fourth-order valence-corrected chi connectivity index (χ4v) is 3.92. The second-order valence-corrected chi connectivity index (χ2v) is 7.62. The molecule has 1 aromatic carbocycles. The van der Waals surface area contributed by atoms with Gasteiger partial charge in [0.1, 0.15) is 23.0 Å². The van der Waals surface area contributed by atoms with E-state index in [4.69, 9.17) is 15.5 Å². The number of carbonyl (C=O) groups is 2. The number of aromatic amines is 1. The summed E-state index contributed by atoms with van der Waals surface area (Å²) in [6.07, 6.45) is 3.70. The Morgan fingerprint density at radius 3 is 2.71 bits per heavy atom. The van der Waals surface area contributed by atoms with Crippen LogP contribution >= 0.6 is 0 Å². The normalized spacial score (nSPS) is 16.2. The van der Waals surface area contributed by atoms with Crippen LogP contribution in [0.2, 0.25) is 0 Å². The third-order valence-electron chi connectivity index (χ3n) is 5.55. The minimum Gasteiger partial charge on any atom is -0.497 e. The molecule has 0 bridgehead atoms. The van der Waals surface area contributed by atoms with E-state index < -0.39 is 5.91 Å². The Morgan fingerprint density at radius 2 is 2.03 bits per heavy atom. The van der Waals surface area contributed by atoms with Gasteiger partial charge in [0, 0.05) is 36.5 Å². The maximum Gasteiger partial charge on any atom is 0.267 e. The molecule has 160 valence electrons. The van der Waals surface area contributed by atoms with Crippen molar-refractivity contribution in [2.75, 3.05) is 20.2 Å².